The molecular weight excluding hydrogens is 488 g/mol. The van der Waals surface area contributed by atoms with Crippen LogP contribution in [-0.4, -0.2) is 32.9 Å². The number of carbonyl (C=O) groups is 1. The molecule has 1 aliphatic heterocycles. The number of nitrogens with zero attached hydrogens (tertiary/aromatic N) is 4. The fraction of sp³-hybridized carbons (Fsp3) is 0.214. The van der Waals surface area contributed by atoms with E-state index < -0.39 is 6.04 Å². The van der Waals surface area contributed by atoms with Crippen molar-refractivity contribution in [2.24, 2.45) is 4.99 Å². The molecule has 0 unspecified atom stereocenters. The second-order valence-electron chi connectivity index (χ2n) is 8.81. The summed E-state index contributed by atoms with van der Waals surface area (Å²) in [6.07, 6.45) is 0.150. The van der Waals surface area contributed by atoms with Crippen LogP contribution in [0.5, 0.6) is 5.75 Å². The van der Waals surface area contributed by atoms with Gasteiger partial charge in [0, 0.05) is 28.4 Å². The fourth-order valence-corrected chi connectivity index (χ4v) is 4.49. The number of halogens is 1. The first kappa shape index (κ1) is 24.5. The summed E-state index contributed by atoms with van der Waals surface area (Å²) in [6, 6.07) is 20.4. The summed E-state index contributed by atoms with van der Waals surface area (Å²) in [7, 11) is 0. The zero-order chi connectivity index (χ0) is 25.9. The van der Waals surface area contributed by atoms with E-state index >= 15 is 0 Å². The Bertz CT molecular complexity index is 1460. The van der Waals surface area contributed by atoms with Gasteiger partial charge in [-0.2, -0.15) is 0 Å². The minimum absolute atomic E-state index is 0.0996. The molecule has 0 bridgehead atoms. The molecule has 1 atom stereocenters. The van der Waals surface area contributed by atoms with E-state index in [0.29, 0.717) is 41.3 Å². The molecule has 0 fully saturated rings. The quantitative estimate of drug-likeness (QED) is 0.344. The van der Waals surface area contributed by atoms with Crippen molar-refractivity contribution in [1.82, 2.24) is 20.1 Å². The van der Waals surface area contributed by atoms with Crippen LogP contribution in [0.25, 0.3) is 5.69 Å². The Balaban J connectivity index is 1.61. The fourth-order valence-electron chi connectivity index (χ4n) is 4.37. The van der Waals surface area contributed by atoms with E-state index in [1.165, 1.54) is 0 Å². The van der Waals surface area contributed by atoms with Crippen LogP contribution in [0.15, 0.2) is 71.7 Å². The van der Waals surface area contributed by atoms with Gasteiger partial charge in [-0.1, -0.05) is 35.9 Å². The summed E-state index contributed by atoms with van der Waals surface area (Å²) < 4.78 is 8.11. The number of aromatic nitrogens is 3. The lowest BCUT2D eigenvalue weighted by Gasteiger charge is -2.15. The zero-order valence-corrected chi connectivity index (χ0v) is 21.4. The first-order chi connectivity index (χ1) is 17.9. The Hall–Kier alpha value is -4.17. The number of aryl methyl sites for hydroxylation is 1. The summed E-state index contributed by atoms with van der Waals surface area (Å²) in [6.45, 7) is 4.72. The molecule has 0 radical (unpaired) electrons. The van der Waals surface area contributed by atoms with Crippen LogP contribution in [0.4, 0.5) is 5.69 Å². The lowest BCUT2D eigenvalue weighted by atomic mass is 10.00. The molecule has 0 aliphatic carbocycles. The number of fused-ring (bicyclic) bond motifs is 3. The zero-order valence-electron chi connectivity index (χ0n) is 20.6. The van der Waals surface area contributed by atoms with Crippen LogP contribution < -0.4 is 15.8 Å². The Morgan fingerprint density at radius 3 is 2.57 bits per heavy atom. The second kappa shape index (κ2) is 10.4. The Morgan fingerprint density at radius 1 is 1.08 bits per heavy atom. The number of nitrogens with two attached hydrogens (primary N) is 1. The molecule has 37 heavy (non-hydrogen) atoms. The maximum absolute atomic E-state index is 12.6. The number of rotatable bonds is 7. The summed E-state index contributed by atoms with van der Waals surface area (Å²) >= 11 is 6.18. The van der Waals surface area contributed by atoms with Crippen molar-refractivity contribution in [3.8, 4) is 11.4 Å². The summed E-state index contributed by atoms with van der Waals surface area (Å²) in [5.74, 6) is 1.91. The van der Waals surface area contributed by atoms with Gasteiger partial charge in [0.2, 0.25) is 5.91 Å². The van der Waals surface area contributed by atoms with Crippen molar-refractivity contribution in [3.05, 3.63) is 100 Å². The van der Waals surface area contributed by atoms with Crippen LogP contribution in [0.1, 0.15) is 47.7 Å². The average molecular weight is 515 g/mol. The summed E-state index contributed by atoms with van der Waals surface area (Å²) in [4.78, 5) is 17.7. The van der Waals surface area contributed by atoms with Crippen LogP contribution in [0.3, 0.4) is 0 Å². The molecule has 0 saturated heterocycles. The Kier molecular flexibility index (Phi) is 6.92. The number of aliphatic imine (C=N–C) groups is 1. The summed E-state index contributed by atoms with van der Waals surface area (Å²) in [5, 5.41) is 12.2. The maximum atomic E-state index is 12.6. The molecule has 1 amide bonds. The number of nitrogens with one attached hydrogen (secondary N) is 1. The Labute approximate surface area is 220 Å². The predicted octanol–water partition coefficient (Wildman–Crippen LogP) is 4.81. The minimum atomic E-state index is -0.523. The number of benzene rings is 3. The van der Waals surface area contributed by atoms with Gasteiger partial charge in [0.1, 0.15) is 24.2 Å². The van der Waals surface area contributed by atoms with E-state index in [1.54, 1.807) is 0 Å². The van der Waals surface area contributed by atoms with Gasteiger partial charge < -0.3 is 15.8 Å². The molecule has 9 heteroatoms. The Morgan fingerprint density at radius 2 is 1.84 bits per heavy atom. The molecular formula is C28H27ClN6O2. The lowest BCUT2D eigenvalue weighted by Crippen LogP contribution is -2.25. The van der Waals surface area contributed by atoms with E-state index in [0.717, 1.165) is 28.1 Å². The third kappa shape index (κ3) is 5.20. The van der Waals surface area contributed by atoms with Gasteiger partial charge in [-0.05, 0) is 61.9 Å². The number of nitrogen functional groups attached to an aromatic ring is 1. The number of amides is 1. The number of carbonyl (C=O) groups excluding carboxylic acids is 1. The van der Waals surface area contributed by atoms with E-state index in [1.807, 2.05) is 85.1 Å². The van der Waals surface area contributed by atoms with Crippen LogP contribution >= 0.6 is 11.6 Å². The minimum Gasteiger partial charge on any atom is -0.489 e. The lowest BCUT2D eigenvalue weighted by molar-refractivity contribution is -0.121. The van der Waals surface area contributed by atoms with Crippen LogP contribution in [0, 0.1) is 6.92 Å². The smallest absolute Gasteiger partial charge is 0.222 e. The topological polar surface area (TPSA) is 107 Å². The standard InChI is InChI=1S/C28H27ClN6O2/c1-3-31-26(36)15-24-28-34-33-17(2)35(28)25-13-12-22(37-16-18-4-10-21(30)11-5-18)14-23(25)27(32-24)19-6-8-20(29)9-7-19/h4-14,24H,3,15-16,30H2,1-2H3,(H,31,36)/t24-/m0/s1. The van der Waals surface area contributed by atoms with Gasteiger partial charge in [-0.3, -0.25) is 14.4 Å². The number of hydrogen-bond donors (Lipinski definition) is 2. The number of ether oxygens (including phenoxy) is 1. The van der Waals surface area contributed by atoms with Crippen molar-refractivity contribution in [2.75, 3.05) is 12.3 Å². The molecule has 1 aromatic heterocycles. The molecule has 5 rings (SSSR count). The van der Waals surface area contributed by atoms with Gasteiger partial charge in [-0.15, -0.1) is 10.2 Å². The van der Waals surface area contributed by atoms with Crippen molar-refractivity contribution in [2.45, 2.75) is 32.9 Å². The first-order valence-corrected chi connectivity index (χ1v) is 12.4. The summed E-state index contributed by atoms with van der Waals surface area (Å²) in [5.41, 5.74) is 10.8. The van der Waals surface area contributed by atoms with E-state index in [4.69, 9.17) is 27.1 Å². The van der Waals surface area contributed by atoms with E-state index in [-0.39, 0.29) is 12.3 Å². The molecule has 0 saturated carbocycles. The molecule has 3 N–H and O–H groups in total. The van der Waals surface area contributed by atoms with Gasteiger partial charge in [0.05, 0.1) is 17.8 Å². The van der Waals surface area contributed by atoms with Gasteiger partial charge in [0.15, 0.2) is 5.82 Å². The molecule has 2 heterocycles. The van der Waals surface area contributed by atoms with Gasteiger partial charge >= 0.3 is 0 Å². The van der Waals surface area contributed by atoms with Crippen molar-refractivity contribution < 1.29 is 9.53 Å². The highest BCUT2D eigenvalue weighted by Gasteiger charge is 2.30. The highest BCUT2D eigenvalue weighted by molar-refractivity contribution is 6.30. The molecule has 1 aliphatic rings. The first-order valence-electron chi connectivity index (χ1n) is 12.1. The van der Waals surface area contributed by atoms with E-state index in [9.17, 15) is 4.79 Å². The van der Waals surface area contributed by atoms with Crippen LogP contribution in [0.2, 0.25) is 5.02 Å². The molecule has 8 nitrogen and oxygen atoms in total. The van der Waals surface area contributed by atoms with Crippen molar-refractivity contribution in [3.63, 3.8) is 0 Å². The average Bonchev–Trinajstić information content (AvgIpc) is 3.21. The molecule has 0 spiro atoms. The normalized spacial score (nSPS) is 14.2. The van der Waals surface area contributed by atoms with Crippen LogP contribution in [-0.2, 0) is 11.4 Å². The van der Waals surface area contributed by atoms with Gasteiger partial charge in [-0.25, -0.2) is 0 Å². The van der Waals surface area contributed by atoms with E-state index in [2.05, 4.69) is 15.5 Å². The SMILES string of the molecule is CCNC(=O)C[C@@H]1N=C(c2ccc(Cl)cc2)c2cc(OCc3ccc(N)cc3)ccc2-n2c(C)nnc21. The second-order valence-corrected chi connectivity index (χ2v) is 9.24. The third-order valence-corrected chi connectivity index (χ3v) is 6.40. The van der Waals surface area contributed by atoms with Crippen molar-refractivity contribution in [1.29, 1.82) is 0 Å². The predicted molar refractivity (Wildman–Crippen MR) is 144 cm³/mol. The molecule has 188 valence electrons. The number of hydrogen-bond acceptors (Lipinski definition) is 6. The van der Waals surface area contributed by atoms with Gasteiger partial charge in [0.25, 0.3) is 0 Å². The van der Waals surface area contributed by atoms with Crippen molar-refractivity contribution >= 4 is 28.9 Å². The molecule has 4 aromatic rings. The highest BCUT2D eigenvalue weighted by Crippen LogP contribution is 2.34. The number of anilines is 1. The third-order valence-electron chi connectivity index (χ3n) is 6.15. The monoisotopic (exact) mass is 514 g/mol. The largest absolute Gasteiger partial charge is 0.489 e. The molecule has 3 aromatic carbocycles. The maximum Gasteiger partial charge on any atom is 0.222 e. The highest BCUT2D eigenvalue weighted by atomic mass is 35.5.